The maximum Gasteiger partial charge on any atom is 0.267 e. The number of likely N-dealkylation sites (tertiary alicyclic amines) is 1. The summed E-state index contributed by atoms with van der Waals surface area (Å²) in [6, 6.07) is 5.43. The van der Waals surface area contributed by atoms with Crippen LogP contribution in [0.4, 0.5) is 5.13 Å². The lowest BCUT2D eigenvalue weighted by molar-refractivity contribution is -0.122. The van der Waals surface area contributed by atoms with Crippen molar-refractivity contribution in [3.8, 4) is 5.75 Å². The van der Waals surface area contributed by atoms with Crippen LogP contribution in [0, 0.1) is 0 Å². The number of benzene rings is 1. The Morgan fingerprint density at radius 3 is 3.04 bits per heavy atom. The summed E-state index contributed by atoms with van der Waals surface area (Å²) in [5.41, 5.74) is 1.99. The van der Waals surface area contributed by atoms with Gasteiger partial charge in [-0.2, -0.15) is 0 Å². The number of nitrogens with zero attached hydrogens (tertiary/aromatic N) is 2. The minimum atomic E-state index is -0.525. The number of anilines is 1. The summed E-state index contributed by atoms with van der Waals surface area (Å²) in [6.45, 7) is 3.13. The number of carbonyl (C=O) groups is 1. The maximum absolute atomic E-state index is 12.5. The van der Waals surface area contributed by atoms with Gasteiger partial charge in [-0.3, -0.25) is 15.0 Å². The molecule has 1 aromatic carbocycles. The summed E-state index contributed by atoms with van der Waals surface area (Å²) >= 11 is 7.46. The molecule has 7 heteroatoms. The summed E-state index contributed by atoms with van der Waals surface area (Å²) in [4.78, 5) is 19.4. The molecule has 1 fully saturated rings. The number of amides is 1. The molecule has 4 rings (SSSR count). The van der Waals surface area contributed by atoms with Crippen LogP contribution < -0.4 is 10.1 Å². The summed E-state index contributed by atoms with van der Waals surface area (Å²) in [5, 5.41) is 6.20. The first-order valence-electron chi connectivity index (χ1n) is 8.60. The number of carbonyl (C=O) groups excluding carboxylic acids is 1. The lowest BCUT2D eigenvalue weighted by Gasteiger charge is -2.25. The zero-order valence-corrected chi connectivity index (χ0v) is 15.4. The fourth-order valence-electron chi connectivity index (χ4n) is 3.33. The van der Waals surface area contributed by atoms with Gasteiger partial charge >= 0.3 is 0 Å². The predicted octanol–water partition coefficient (Wildman–Crippen LogP) is 3.72. The Labute approximate surface area is 156 Å². The Morgan fingerprint density at radius 1 is 1.36 bits per heavy atom. The Balaban J connectivity index is 1.34. The van der Waals surface area contributed by atoms with Crippen LogP contribution in [-0.4, -0.2) is 35.0 Å². The van der Waals surface area contributed by atoms with Crippen LogP contribution >= 0.6 is 22.9 Å². The molecular weight excluding hydrogens is 358 g/mol. The molecule has 0 spiro atoms. The van der Waals surface area contributed by atoms with E-state index in [0.29, 0.717) is 16.6 Å². The first-order chi connectivity index (χ1) is 12.2. The quantitative estimate of drug-likeness (QED) is 0.882. The molecule has 3 heterocycles. The summed E-state index contributed by atoms with van der Waals surface area (Å²) < 4.78 is 5.72. The number of thiazole rings is 1. The normalized spacial score (nSPS) is 20.1. The monoisotopic (exact) mass is 377 g/mol. The number of fused-ring (bicyclic) bond motifs is 1. The number of ether oxygens (including phenoxy) is 1. The van der Waals surface area contributed by atoms with Gasteiger partial charge in [0.05, 0.1) is 5.69 Å². The Kier molecular flexibility index (Phi) is 4.92. The molecule has 2 aliphatic rings. The van der Waals surface area contributed by atoms with Crippen molar-refractivity contribution >= 4 is 34.0 Å². The van der Waals surface area contributed by atoms with E-state index in [0.717, 1.165) is 36.6 Å². The smallest absolute Gasteiger partial charge is 0.267 e. The lowest BCUT2D eigenvalue weighted by Crippen LogP contribution is -2.31. The van der Waals surface area contributed by atoms with Crippen LogP contribution in [0.5, 0.6) is 5.75 Å². The largest absolute Gasteiger partial charge is 0.480 e. The highest BCUT2D eigenvalue weighted by Gasteiger charge is 2.29. The number of aromatic nitrogens is 1. The zero-order chi connectivity index (χ0) is 17.2. The summed E-state index contributed by atoms with van der Waals surface area (Å²) in [6.07, 6.45) is 3.86. The van der Waals surface area contributed by atoms with Gasteiger partial charge in [0.2, 0.25) is 0 Å². The van der Waals surface area contributed by atoms with Gasteiger partial charge < -0.3 is 4.74 Å². The highest BCUT2D eigenvalue weighted by Crippen LogP contribution is 2.31. The van der Waals surface area contributed by atoms with Gasteiger partial charge in [0, 0.05) is 23.4 Å². The molecule has 2 aliphatic heterocycles. The topological polar surface area (TPSA) is 54.5 Å². The first-order valence-corrected chi connectivity index (χ1v) is 9.86. The Hall–Kier alpha value is -1.63. The van der Waals surface area contributed by atoms with E-state index >= 15 is 0 Å². The molecule has 0 radical (unpaired) electrons. The van der Waals surface area contributed by atoms with E-state index in [2.05, 4.69) is 15.2 Å². The van der Waals surface area contributed by atoms with Crippen LogP contribution in [-0.2, 0) is 17.8 Å². The maximum atomic E-state index is 12.5. The van der Waals surface area contributed by atoms with E-state index in [1.54, 1.807) is 6.07 Å². The number of rotatable bonds is 4. The standard InChI is InChI=1S/C18H20ClN3O2S/c19-13-4-5-15-12(8-13)9-16(24-15)17(23)21-18-20-14(11-25-18)10-22-6-2-1-3-7-22/h4-5,8,11,16H,1-3,6-7,9-10H2,(H,20,21,23)/t16-/m1/s1. The van der Waals surface area contributed by atoms with Gasteiger partial charge in [-0.1, -0.05) is 18.0 Å². The SMILES string of the molecule is O=C(Nc1nc(CN2CCCCC2)cs1)[C@H]1Cc2cc(Cl)ccc2O1. The number of piperidine rings is 1. The minimum absolute atomic E-state index is 0.161. The van der Waals surface area contributed by atoms with Gasteiger partial charge in [0.15, 0.2) is 11.2 Å². The molecule has 1 atom stereocenters. The highest BCUT2D eigenvalue weighted by atomic mass is 35.5. The van der Waals surface area contributed by atoms with Crippen molar-refractivity contribution in [2.24, 2.45) is 0 Å². The summed E-state index contributed by atoms with van der Waals surface area (Å²) in [7, 11) is 0. The second kappa shape index (κ2) is 7.32. The third-order valence-corrected chi connectivity index (χ3v) is 5.65. The molecule has 0 aliphatic carbocycles. The van der Waals surface area contributed by atoms with Crippen LogP contribution in [0.25, 0.3) is 0 Å². The fourth-order valence-corrected chi connectivity index (χ4v) is 4.23. The predicted molar refractivity (Wildman–Crippen MR) is 99.4 cm³/mol. The molecule has 1 N–H and O–H groups in total. The number of halogens is 1. The van der Waals surface area contributed by atoms with Gasteiger partial charge in [-0.05, 0) is 49.7 Å². The molecule has 2 aromatic rings. The fraction of sp³-hybridized carbons (Fsp3) is 0.444. The van der Waals surface area contributed by atoms with Gasteiger partial charge in [0.25, 0.3) is 5.91 Å². The molecule has 1 aromatic heterocycles. The van der Waals surface area contributed by atoms with Crippen molar-refractivity contribution in [3.63, 3.8) is 0 Å². The van der Waals surface area contributed by atoms with Gasteiger partial charge in [0.1, 0.15) is 5.75 Å². The van der Waals surface area contributed by atoms with Crippen molar-refractivity contribution in [2.45, 2.75) is 38.3 Å². The van der Waals surface area contributed by atoms with E-state index in [9.17, 15) is 4.79 Å². The van der Waals surface area contributed by atoms with E-state index < -0.39 is 6.10 Å². The van der Waals surface area contributed by atoms with E-state index in [1.807, 2.05) is 17.5 Å². The molecule has 0 bridgehead atoms. The molecule has 0 saturated carbocycles. The minimum Gasteiger partial charge on any atom is -0.480 e. The van der Waals surface area contributed by atoms with Crippen LogP contribution in [0.1, 0.15) is 30.5 Å². The van der Waals surface area contributed by atoms with Crippen molar-refractivity contribution in [2.75, 3.05) is 18.4 Å². The lowest BCUT2D eigenvalue weighted by atomic mass is 10.1. The second-order valence-corrected chi connectivity index (χ2v) is 7.83. The number of hydrogen-bond acceptors (Lipinski definition) is 5. The van der Waals surface area contributed by atoms with Crippen molar-refractivity contribution in [1.29, 1.82) is 0 Å². The molecule has 25 heavy (non-hydrogen) atoms. The average molecular weight is 378 g/mol. The Morgan fingerprint density at radius 2 is 2.20 bits per heavy atom. The molecule has 132 valence electrons. The van der Waals surface area contributed by atoms with E-state index in [-0.39, 0.29) is 5.91 Å². The van der Waals surface area contributed by atoms with Crippen LogP contribution in [0.15, 0.2) is 23.6 Å². The van der Waals surface area contributed by atoms with Gasteiger partial charge in [-0.15, -0.1) is 11.3 Å². The first kappa shape index (κ1) is 16.8. The molecule has 1 amide bonds. The van der Waals surface area contributed by atoms with Crippen LogP contribution in [0.3, 0.4) is 0 Å². The van der Waals surface area contributed by atoms with E-state index in [4.69, 9.17) is 16.3 Å². The van der Waals surface area contributed by atoms with E-state index in [1.165, 1.54) is 30.6 Å². The van der Waals surface area contributed by atoms with Crippen molar-refractivity contribution in [3.05, 3.63) is 39.9 Å². The van der Waals surface area contributed by atoms with Gasteiger partial charge in [-0.25, -0.2) is 4.98 Å². The highest BCUT2D eigenvalue weighted by molar-refractivity contribution is 7.13. The molecule has 0 unspecified atom stereocenters. The molecule has 5 nitrogen and oxygen atoms in total. The average Bonchev–Trinajstić information content (AvgIpc) is 3.22. The number of hydrogen-bond donors (Lipinski definition) is 1. The molecule has 1 saturated heterocycles. The summed E-state index contributed by atoms with van der Waals surface area (Å²) in [5.74, 6) is 0.570. The number of nitrogens with one attached hydrogen (secondary N) is 1. The third kappa shape index (κ3) is 3.97. The van der Waals surface area contributed by atoms with Crippen molar-refractivity contribution in [1.82, 2.24) is 9.88 Å². The second-order valence-electron chi connectivity index (χ2n) is 6.53. The third-order valence-electron chi connectivity index (χ3n) is 4.61. The molecular formula is C18H20ClN3O2S. The zero-order valence-electron chi connectivity index (χ0n) is 13.8. The Bertz CT molecular complexity index is 773. The van der Waals surface area contributed by atoms with Crippen LogP contribution in [0.2, 0.25) is 5.02 Å². The van der Waals surface area contributed by atoms with Crippen molar-refractivity contribution < 1.29 is 9.53 Å².